The fourth-order valence-electron chi connectivity index (χ4n) is 4.16. The van der Waals surface area contributed by atoms with Gasteiger partial charge in [-0.15, -0.1) is 0 Å². The lowest BCUT2D eigenvalue weighted by Gasteiger charge is -2.08. The number of rotatable bonds is 6. The number of anilines is 1. The standard InChI is InChI=1S/C30H27N3O/c1-21-8-10-23(11-9-21)12-17-29(34)31-27-18-22(2)19-33-20-28(32-30(27)33)26-15-13-25(14-16-26)24-6-4-3-5-7-24/h3-11,13-16,18-20H,12,17H2,1-2H3,(H,31,34). The van der Waals surface area contributed by atoms with E-state index < -0.39 is 0 Å². The Morgan fingerprint density at radius 2 is 1.47 bits per heavy atom. The molecular formula is C30H27N3O. The van der Waals surface area contributed by atoms with Gasteiger partial charge in [-0.1, -0.05) is 84.4 Å². The van der Waals surface area contributed by atoms with Gasteiger partial charge in [-0.25, -0.2) is 4.98 Å². The SMILES string of the molecule is Cc1ccc(CCC(=O)Nc2cc(C)cn3cc(-c4ccc(-c5ccccc5)cc4)nc23)cc1. The lowest BCUT2D eigenvalue weighted by Crippen LogP contribution is -2.13. The third kappa shape index (κ3) is 4.76. The first-order valence-electron chi connectivity index (χ1n) is 11.6. The monoisotopic (exact) mass is 445 g/mol. The Morgan fingerprint density at radius 3 is 2.21 bits per heavy atom. The molecular weight excluding hydrogens is 418 g/mol. The molecule has 0 spiro atoms. The van der Waals surface area contributed by atoms with Crippen molar-refractivity contribution in [3.8, 4) is 22.4 Å². The molecule has 4 heteroatoms. The maximum Gasteiger partial charge on any atom is 0.224 e. The van der Waals surface area contributed by atoms with Gasteiger partial charge in [0.2, 0.25) is 5.91 Å². The summed E-state index contributed by atoms with van der Waals surface area (Å²) in [5.74, 6) is -0.00941. The summed E-state index contributed by atoms with van der Waals surface area (Å²) in [5, 5.41) is 3.08. The molecule has 3 aromatic carbocycles. The van der Waals surface area contributed by atoms with Crippen molar-refractivity contribution in [1.29, 1.82) is 0 Å². The minimum absolute atomic E-state index is 0.00941. The van der Waals surface area contributed by atoms with Crippen LogP contribution in [-0.4, -0.2) is 15.3 Å². The zero-order valence-electron chi connectivity index (χ0n) is 19.5. The molecule has 1 amide bonds. The molecule has 2 aromatic heterocycles. The molecule has 0 aliphatic carbocycles. The highest BCUT2D eigenvalue weighted by molar-refractivity contribution is 5.95. The molecule has 0 bridgehead atoms. The number of hydrogen-bond donors (Lipinski definition) is 1. The highest BCUT2D eigenvalue weighted by atomic mass is 16.1. The number of imidazole rings is 1. The molecule has 0 saturated heterocycles. The Labute approximate surface area is 199 Å². The average molecular weight is 446 g/mol. The Kier molecular flexibility index (Phi) is 5.96. The molecule has 0 atom stereocenters. The highest BCUT2D eigenvalue weighted by Gasteiger charge is 2.12. The van der Waals surface area contributed by atoms with E-state index in [1.54, 1.807) is 0 Å². The molecule has 168 valence electrons. The van der Waals surface area contributed by atoms with Crippen LogP contribution in [0.5, 0.6) is 0 Å². The van der Waals surface area contributed by atoms with Crippen LogP contribution >= 0.6 is 0 Å². The Hall–Kier alpha value is -4.18. The smallest absolute Gasteiger partial charge is 0.224 e. The van der Waals surface area contributed by atoms with E-state index in [2.05, 4.69) is 72.9 Å². The van der Waals surface area contributed by atoms with Crippen LogP contribution in [-0.2, 0) is 11.2 Å². The van der Waals surface area contributed by atoms with E-state index in [9.17, 15) is 4.79 Å². The predicted octanol–water partition coefficient (Wildman–Crippen LogP) is 6.86. The fourth-order valence-corrected chi connectivity index (χ4v) is 4.16. The number of nitrogens with zero attached hydrogens (tertiary/aromatic N) is 2. The van der Waals surface area contributed by atoms with Crippen molar-refractivity contribution in [2.75, 3.05) is 5.32 Å². The van der Waals surface area contributed by atoms with E-state index >= 15 is 0 Å². The topological polar surface area (TPSA) is 46.4 Å². The molecule has 2 heterocycles. The van der Waals surface area contributed by atoms with Gasteiger partial charge in [0.1, 0.15) is 0 Å². The molecule has 0 unspecified atom stereocenters. The average Bonchev–Trinajstić information content (AvgIpc) is 3.29. The van der Waals surface area contributed by atoms with Crippen molar-refractivity contribution in [1.82, 2.24) is 9.38 Å². The van der Waals surface area contributed by atoms with Gasteiger partial charge in [-0.3, -0.25) is 4.79 Å². The van der Waals surface area contributed by atoms with Crippen LogP contribution in [0.15, 0.2) is 97.3 Å². The number of hydrogen-bond acceptors (Lipinski definition) is 2. The van der Waals surface area contributed by atoms with E-state index in [0.29, 0.717) is 12.8 Å². The Balaban J connectivity index is 1.36. The molecule has 0 aliphatic heterocycles. The number of carbonyl (C=O) groups is 1. The summed E-state index contributed by atoms with van der Waals surface area (Å²) in [5.41, 5.74) is 9.21. The second kappa shape index (κ2) is 9.36. The molecule has 0 fully saturated rings. The number of nitrogens with one attached hydrogen (secondary N) is 1. The van der Waals surface area contributed by atoms with Crippen LogP contribution in [0.25, 0.3) is 28.0 Å². The van der Waals surface area contributed by atoms with Crippen LogP contribution in [0.1, 0.15) is 23.1 Å². The normalized spacial score (nSPS) is 11.0. The van der Waals surface area contributed by atoms with Crippen LogP contribution in [0, 0.1) is 13.8 Å². The molecule has 5 rings (SSSR count). The number of pyridine rings is 1. The zero-order chi connectivity index (χ0) is 23.5. The molecule has 0 radical (unpaired) electrons. The third-order valence-electron chi connectivity index (χ3n) is 6.01. The van der Waals surface area contributed by atoms with Crippen molar-refractivity contribution in [3.63, 3.8) is 0 Å². The first-order valence-corrected chi connectivity index (χ1v) is 11.6. The second-order valence-electron chi connectivity index (χ2n) is 8.77. The van der Waals surface area contributed by atoms with E-state index in [4.69, 9.17) is 4.98 Å². The van der Waals surface area contributed by atoms with Gasteiger partial charge in [0.15, 0.2) is 5.65 Å². The summed E-state index contributed by atoms with van der Waals surface area (Å²) in [6.45, 7) is 4.09. The summed E-state index contributed by atoms with van der Waals surface area (Å²) in [6, 6.07) is 29.1. The van der Waals surface area contributed by atoms with Crippen molar-refractivity contribution in [3.05, 3.63) is 114 Å². The number of aromatic nitrogens is 2. The van der Waals surface area contributed by atoms with E-state index in [-0.39, 0.29) is 5.91 Å². The molecule has 0 aliphatic rings. The Bertz CT molecular complexity index is 1430. The Morgan fingerprint density at radius 1 is 0.794 bits per heavy atom. The molecule has 34 heavy (non-hydrogen) atoms. The largest absolute Gasteiger partial charge is 0.323 e. The number of benzene rings is 3. The molecule has 1 N–H and O–H groups in total. The lowest BCUT2D eigenvalue weighted by molar-refractivity contribution is -0.116. The van der Waals surface area contributed by atoms with Crippen LogP contribution in [0.4, 0.5) is 5.69 Å². The third-order valence-corrected chi connectivity index (χ3v) is 6.01. The van der Waals surface area contributed by atoms with Gasteiger partial charge < -0.3 is 9.72 Å². The minimum atomic E-state index is -0.00941. The van der Waals surface area contributed by atoms with E-state index in [0.717, 1.165) is 33.7 Å². The molecule has 4 nitrogen and oxygen atoms in total. The summed E-state index contributed by atoms with van der Waals surface area (Å²) in [7, 11) is 0. The first kappa shape index (κ1) is 21.7. The van der Waals surface area contributed by atoms with Gasteiger partial charge in [0.05, 0.1) is 11.4 Å². The van der Waals surface area contributed by atoms with Crippen LogP contribution in [0.2, 0.25) is 0 Å². The number of carbonyl (C=O) groups excluding carboxylic acids is 1. The minimum Gasteiger partial charge on any atom is -0.323 e. The zero-order valence-corrected chi connectivity index (χ0v) is 19.5. The van der Waals surface area contributed by atoms with Crippen molar-refractivity contribution in [2.45, 2.75) is 26.7 Å². The van der Waals surface area contributed by atoms with Gasteiger partial charge in [0.25, 0.3) is 0 Å². The van der Waals surface area contributed by atoms with Crippen molar-refractivity contribution in [2.24, 2.45) is 0 Å². The first-order chi connectivity index (χ1) is 16.5. The maximum absolute atomic E-state index is 12.7. The van der Waals surface area contributed by atoms with Crippen LogP contribution in [0.3, 0.4) is 0 Å². The van der Waals surface area contributed by atoms with Gasteiger partial charge in [0, 0.05) is 24.4 Å². The quantitative estimate of drug-likeness (QED) is 0.310. The summed E-state index contributed by atoms with van der Waals surface area (Å²) < 4.78 is 1.99. The number of amides is 1. The highest BCUT2D eigenvalue weighted by Crippen LogP contribution is 2.27. The van der Waals surface area contributed by atoms with Gasteiger partial charge in [-0.2, -0.15) is 0 Å². The fraction of sp³-hybridized carbons (Fsp3) is 0.133. The maximum atomic E-state index is 12.7. The second-order valence-corrected chi connectivity index (χ2v) is 8.77. The van der Waals surface area contributed by atoms with Crippen molar-refractivity contribution < 1.29 is 4.79 Å². The summed E-state index contributed by atoms with van der Waals surface area (Å²) in [6.07, 6.45) is 5.19. The van der Waals surface area contributed by atoms with E-state index in [1.807, 2.05) is 48.0 Å². The predicted molar refractivity (Wildman–Crippen MR) is 139 cm³/mol. The summed E-state index contributed by atoms with van der Waals surface area (Å²) in [4.78, 5) is 17.6. The molecule has 0 saturated carbocycles. The lowest BCUT2D eigenvalue weighted by atomic mass is 10.0. The van der Waals surface area contributed by atoms with Gasteiger partial charge >= 0.3 is 0 Å². The van der Waals surface area contributed by atoms with Crippen molar-refractivity contribution >= 4 is 17.2 Å². The number of aryl methyl sites for hydroxylation is 3. The molecule has 5 aromatic rings. The van der Waals surface area contributed by atoms with E-state index in [1.165, 1.54) is 16.7 Å². The van der Waals surface area contributed by atoms with Gasteiger partial charge in [-0.05, 0) is 48.6 Å². The van der Waals surface area contributed by atoms with Crippen LogP contribution < -0.4 is 5.32 Å². The summed E-state index contributed by atoms with van der Waals surface area (Å²) >= 11 is 0. The number of fused-ring (bicyclic) bond motifs is 1.